The lowest BCUT2D eigenvalue weighted by molar-refractivity contribution is 0.244. The predicted molar refractivity (Wildman–Crippen MR) is 101 cm³/mol. The van der Waals surface area contributed by atoms with Gasteiger partial charge in [-0.3, -0.25) is 9.47 Å². The first-order chi connectivity index (χ1) is 12.1. The van der Waals surface area contributed by atoms with Crippen LogP contribution in [0.15, 0.2) is 41.8 Å². The minimum Gasteiger partial charge on any atom is -0.296 e. The Hall–Kier alpha value is -1.83. The van der Waals surface area contributed by atoms with E-state index in [1.54, 1.807) is 11.3 Å². The average Bonchev–Trinajstić information content (AvgIpc) is 3.17. The van der Waals surface area contributed by atoms with Crippen molar-refractivity contribution in [3.63, 3.8) is 0 Å². The van der Waals surface area contributed by atoms with Gasteiger partial charge in [-0.25, -0.2) is 9.07 Å². The van der Waals surface area contributed by atoms with Gasteiger partial charge in [-0.2, -0.15) is 0 Å². The van der Waals surface area contributed by atoms with E-state index in [2.05, 4.69) is 20.9 Å². The lowest BCUT2D eigenvalue weighted by atomic mass is 10.2. The molecule has 4 rings (SSSR count). The molecule has 3 aromatic rings. The van der Waals surface area contributed by atoms with Gasteiger partial charge in [0.05, 0.1) is 11.5 Å². The summed E-state index contributed by atoms with van der Waals surface area (Å²) in [4.78, 5) is 3.28. The van der Waals surface area contributed by atoms with Gasteiger partial charge >= 0.3 is 0 Å². The van der Waals surface area contributed by atoms with Crippen molar-refractivity contribution >= 4 is 23.6 Å². The van der Waals surface area contributed by atoms with Crippen LogP contribution in [0.4, 0.5) is 4.39 Å². The maximum atomic E-state index is 13.0. The van der Waals surface area contributed by atoms with E-state index in [1.807, 2.05) is 29.9 Å². The van der Waals surface area contributed by atoms with Gasteiger partial charge in [0.2, 0.25) is 0 Å². The fourth-order valence-corrected chi connectivity index (χ4v) is 3.97. The van der Waals surface area contributed by atoms with Crippen LogP contribution < -0.4 is 0 Å². The van der Waals surface area contributed by atoms with Crippen LogP contribution in [0.5, 0.6) is 0 Å². The van der Waals surface area contributed by atoms with E-state index >= 15 is 0 Å². The highest BCUT2D eigenvalue weighted by atomic mass is 32.1. The molecule has 0 amide bonds. The van der Waals surface area contributed by atoms with Gasteiger partial charge in [-0.1, -0.05) is 18.2 Å². The second kappa shape index (κ2) is 6.82. The number of thiophene rings is 1. The van der Waals surface area contributed by atoms with Gasteiger partial charge in [0.25, 0.3) is 0 Å². The molecular weight excluding hydrogens is 355 g/mol. The Bertz CT molecular complexity index is 908. The van der Waals surface area contributed by atoms with Crippen molar-refractivity contribution in [2.45, 2.75) is 32.1 Å². The Morgan fingerprint density at radius 3 is 2.68 bits per heavy atom. The van der Waals surface area contributed by atoms with E-state index in [-0.39, 0.29) is 5.82 Å². The Kier molecular flexibility index (Phi) is 4.54. The molecule has 0 radical (unpaired) electrons. The fraction of sp³-hybridized carbons (Fsp3) is 0.333. The number of hydrogen-bond acceptors (Lipinski definition) is 4. The topological polar surface area (TPSA) is 26.0 Å². The number of rotatable bonds is 6. The predicted octanol–water partition coefficient (Wildman–Crippen LogP) is 4.71. The van der Waals surface area contributed by atoms with E-state index in [1.165, 1.54) is 25.0 Å². The van der Waals surface area contributed by atoms with E-state index in [4.69, 9.17) is 17.3 Å². The molecule has 25 heavy (non-hydrogen) atoms. The van der Waals surface area contributed by atoms with Crippen molar-refractivity contribution in [3.05, 3.63) is 57.9 Å². The summed E-state index contributed by atoms with van der Waals surface area (Å²) < 4.78 is 17.9. The quantitative estimate of drug-likeness (QED) is 0.585. The molecule has 0 N–H and O–H groups in total. The maximum Gasteiger partial charge on any atom is 0.199 e. The fourth-order valence-electron chi connectivity index (χ4n) is 2.93. The lowest BCUT2D eigenvalue weighted by Gasteiger charge is -2.16. The summed E-state index contributed by atoms with van der Waals surface area (Å²) in [5.74, 6) is 0.759. The molecule has 0 unspecified atom stereocenters. The molecular formula is C18H19FN4S2. The monoisotopic (exact) mass is 374 g/mol. The Balaban J connectivity index is 1.57. The molecule has 0 bridgehead atoms. The summed E-state index contributed by atoms with van der Waals surface area (Å²) in [6.45, 7) is 1.32. The normalized spacial score (nSPS) is 14.4. The third-order valence-corrected chi connectivity index (χ3v) is 5.54. The van der Waals surface area contributed by atoms with Gasteiger partial charge in [0.15, 0.2) is 10.6 Å². The van der Waals surface area contributed by atoms with Crippen molar-refractivity contribution in [2.24, 2.45) is 0 Å². The molecule has 1 fully saturated rings. The molecule has 1 aliphatic carbocycles. The second-order valence-corrected chi connectivity index (χ2v) is 7.78. The Morgan fingerprint density at radius 1 is 1.28 bits per heavy atom. The number of nitrogens with zero attached hydrogens (tertiary/aromatic N) is 4. The van der Waals surface area contributed by atoms with E-state index in [0.29, 0.717) is 19.3 Å². The SMILES string of the molecule is CN(Cc1ccc(F)cc1)Cn1nc(-c2cccs2)n(C2CC2)c1=S. The first-order valence-electron chi connectivity index (χ1n) is 8.28. The molecule has 2 aromatic heterocycles. The number of benzene rings is 1. The highest BCUT2D eigenvalue weighted by Crippen LogP contribution is 2.39. The summed E-state index contributed by atoms with van der Waals surface area (Å²) in [6, 6.07) is 11.2. The molecule has 0 atom stereocenters. The van der Waals surface area contributed by atoms with Gasteiger partial charge in [0, 0.05) is 12.6 Å². The van der Waals surface area contributed by atoms with Crippen LogP contribution in [-0.4, -0.2) is 26.3 Å². The third kappa shape index (κ3) is 3.58. The molecule has 2 heterocycles. The van der Waals surface area contributed by atoms with Crippen molar-refractivity contribution in [3.8, 4) is 10.7 Å². The highest BCUT2D eigenvalue weighted by Gasteiger charge is 2.29. The van der Waals surface area contributed by atoms with Crippen molar-refractivity contribution in [1.82, 2.24) is 19.2 Å². The largest absolute Gasteiger partial charge is 0.296 e. The molecule has 0 spiro atoms. The molecule has 1 aliphatic rings. The summed E-state index contributed by atoms with van der Waals surface area (Å²) >= 11 is 7.38. The van der Waals surface area contributed by atoms with Crippen molar-refractivity contribution in [2.75, 3.05) is 7.05 Å². The highest BCUT2D eigenvalue weighted by molar-refractivity contribution is 7.71. The zero-order valence-corrected chi connectivity index (χ0v) is 15.6. The number of halogens is 1. The van der Waals surface area contributed by atoms with Crippen LogP contribution in [0, 0.1) is 10.6 Å². The van der Waals surface area contributed by atoms with E-state index in [9.17, 15) is 4.39 Å². The number of aromatic nitrogens is 3. The lowest BCUT2D eigenvalue weighted by Crippen LogP contribution is -2.22. The van der Waals surface area contributed by atoms with Crippen LogP contribution in [0.25, 0.3) is 10.7 Å². The van der Waals surface area contributed by atoms with Crippen molar-refractivity contribution < 1.29 is 4.39 Å². The Labute approximate surface area is 155 Å². The van der Waals surface area contributed by atoms with Crippen LogP contribution in [0.2, 0.25) is 0 Å². The standard InChI is InChI=1S/C18H19FN4S2/c1-21(11-13-4-6-14(19)7-5-13)12-22-18(24)23(15-8-9-15)17(20-22)16-3-2-10-25-16/h2-7,10,15H,8-9,11-12H2,1H3. The summed E-state index contributed by atoms with van der Waals surface area (Å²) in [5, 5.41) is 6.86. The van der Waals surface area contributed by atoms with E-state index < -0.39 is 0 Å². The van der Waals surface area contributed by atoms with Gasteiger partial charge in [-0.15, -0.1) is 16.4 Å². The second-order valence-electron chi connectivity index (χ2n) is 6.47. The Morgan fingerprint density at radius 2 is 2.04 bits per heavy atom. The molecule has 1 saturated carbocycles. The first kappa shape index (κ1) is 16.6. The van der Waals surface area contributed by atoms with Crippen molar-refractivity contribution in [1.29, 1.82) is 0 Å². The van der Waals surface area contributed by atoms with Gasteiger partial charge in [0.1, 0.15) is 5.82 Å². The van der Waals surface area contributed by atoms with Crippen LogP contribution in [0.1, 0.15) is 24.4 Å². The van der Waals surface area contributed by atoms with E-state index in [0.717, 1.165) is 21.0 Å². The summed E-state index contributed by atoms with van der Waals surface area (Å²) in [5.41, 5.74) is 1.07. The van der Waals surface area contributed by atoms with Crippen LogP contribution >= 0.6 is 23.6 Å². The van der Waals surface area contributed by atoms with Gasteiger partial charge < -0.3 is 0 Å². The zero-order valence-electron chi connectivity index (χ0n) is 13.9. The number of hydrogen-bond donors (Lipinski definition) is 0. The molecule has 130 valence electrons. The first-order valence-corrected chi connectivity index (χ1v) is 9.57. The third-order valence-electron chi connectivity index (χ3n) is 4.27. The zero-order chi connectivity index (χ0) is 17.4. The molecule has 0 aliphatic heterocycles. The molecule has 0 saturated heterocycles. The molecule has 1 aromatic carbocycles. The van der Waals surface area contributed by atoms with Gasteiger partial charge in [-0.05, 0) is 61.2 Å². The molecule has 4 nitrogen and oxygen atoms in total. The maximum absolute atomic E-state index is 13.0. The summed E-state index contributed by atoms with van der Waals surface area (Å²) in [6.07, 6.45) is 2.34. The minimum absolute atomic E-state index is 0.211. The molecule has 7 heteroatoms. The van der Waals surface area contributed by atoms with Crippen LogP contribution in [0.3, 0.4) is 0 Å². The summed E-state index contributed by atoms with van der Waals surface area (Å²) in [7, 11) is 2.02. The smallest absolute Gasteiger partial charge is 0.199 e. The van der Waals surface area contributed by atoms with Crippen LogP contribution in [-0.2, 0) is 13.2 Å². The average molecular weight is 375 g/mol. The minimum atomic E-state index is -0.211.